The summed E-state index contributed by atoms with van der Waals surface area (Å²) < 4.78 is 6.96. The smallest absolute Gasteiger partial charge is 0.410 e. The average Bonchev–Trinajstić information content (AvgIpc) is 3.13. The minimum atomic E-state index is -0.555. The number of nitrogens with two attached hydrogens (primary N) is 1. The van der Waals surface area contributed by atoms with Crippen LogP contribution >= 0.6 is 11.6 Å². The summed E-state index contributed by atoms with van der Waals surface area (Å²) in [7, 11) is 1.66. The second-order valence-electron chi connectivity index (χ2n) is 8.74. The summed E-state index contributed by atoms with van der Waals surface area (Å²) in [4.78, 5) is 18.2. The van der Waals surface area contributed by atoms with Gasteiger partial charge >= 0.3 is 6.09 Å². The van der Waals surface area contributed by atoms with E-state index in [2.05, 4.69) is 15.3 Å². The molecule has 0 atom stereocenters. The molecule has 0 bridgehead atoms. The number of rotatable bonds is 3. The van der Waals surface area contributed by atoms with Crippen molar-refractivity contribution in [1.82, 2.24) is 19.9 Å². The maximum Gasteiger partial charge on any atom is 0.410 e. The van der Waals surface area contributed by atoms with Gasteiger partial charge in [0.2, 0.25) is 0 Å². The van der Waals surface area contributed by atoms with Crippen molar-refractivity contribution >= 4 is 29.2 Å². The van der Waals surface area contributed by atoms with Crippen molar-refractivity contribution in [2.24, 2.45) is 10.7 Å². The van der Waals surface area contributed by atoms with Crippen molar-refractivity contribution in [1.29, 1.82) is 0 Å². The van der Waals surface area contributed by atoms with Crippen molar-refractivity contribution in [2.75, 3.05) is 7.05 Å². The van der Waals surface area contributed by atoms with Crippen LogP contribution in [0.25, 0.3) is 5.69 Å². The summed E-state index contributed by atoms with van der Waals surface area (Å²) in [5.41, 5.74) is 8.76. The number of hydrogen-bond donors (Lipinski definition) is 1. The molecule has 4 rings (SSSR count). The third kappa shape index (κ3) is 3.46. The Bertz CT molecular complexity index is 1000. The topological polar surface area (TPSA) is 98.6 Å². The summed E-state index contributed by atoms with van der Waals surface area (Å²) in [6.07, 6.45) is 4.49. The minimum Gasteiger partial charge on any atom is -0.444 e. The first-order valence-electron chi connectivity index (χ1n) is 9.63. The molecule has 1 saturated carbocycles. The van der Waals surface area contributed by atoms with Crippen molar-refractivity contribution in [2.45, 2.75) is 57.6 Å². The highest BCUT2D eigenvalue weighted by Crippen LogP contribution is 2.52. The zero-order chi connectivity index (χ0) is 21.0. The molecule has 1 aromatic carbocycles. The first kappa shape index (κ1) is 19.7. The Morgan fingerprint density at radius 1 is 1.38 bits per heavy atom. The highest BCUT2D eigenvalue weighted by molar-refractivity contribution is 6.32. The van der Waals surface area contributed by atoms with Gasteiger partial charge in [0.15, 0.2) is 0 Å². The Balaban J connectivity index is 1.55. The number of halogens is 1. The largest absolute Gasteiger partial charge is 0.444 e. The zero-order valence-electron chi connectivity index (χ0n) is 17.1. The van der Waals surface area contributed by atoms with E-state index in [1.54, 1.807) is 17.9 Å². The number of carbonyl (C=O) groups is 1. The van der Waals surface area contributed by atoms with Crippen molar-refractivity contribution in [3.8, 4) is 5.69 Å². The van der Waals surface area contributed by atoms with Gasteiger partial charge in [-0.25, -0.2) is 14.5 Å². The molecule has 1 aromatic heterocycles. The van der Waals surface area contributed by atoms with Gasteiger partial charge in [-0.2, -0.15) is 0 Å². The summed E-state index contributed by atoms with van der Waals surface area (Å²) in [6.45, 7) is 5.75. The first-order chi connectivity index (χ1) is 13.6. The first-order valence-corrected chi connectivity index (χ1v) is 10.0. The molecule has 154 valence electrons. The predicted molar refractivity (Wildman–Crippen MR) is 111 cm³/mol. The van der Waals surface area contributed by atoms with Crippen LogP contribution in [0.3, 0.4) is 0 Å². The molecule has 8 nitrogen and oxygen atoms in total. The number of hydrogen-bond acceptors (Lipinski definition) is 6. The van der Waals surface area contributed by atoms with Gasteiger partial charge in [0, 0.05) is 7.05 Å². The lowest BCUT2D eigenvalue weighted by atomic mass is 9.64. The van der Waals surface area contributed by atoms with Crippen LogP contribution in [0, 0.1) is 0 Å². The van der Waals surface area contributed by atoms with E-state index in [1.165, 1.54) is 4.90 Å². The van der Waals surface area contributed by atoms with Gasteiger partial charge in [-0.3, -0.25) is 0 Å². The van der Waals surface area contributed by atoms with Crippen LogP contribution in [-0.4, -0.2) is 44.5 Å². The molecular formula is C20H25ClN6O2. The second kappa shape index (κ2) is 6.73. The number of benzene rings is 1. The van der Waals surface area contributed by atoms with E-state index in [1.807, 2.05) is 32.9 Å². The molecule has 2 heterocycles. The Labute approximate surface area is 174 Å². The number of amidine groups is 1. The fraction of sp³-hybridized carbons (Fsp3) is 0.500. The molecule has 0 unspecified atom stereocenters. The van der Waals surface area contributed by atoms with E-state index in [0.29, 0.717) is 22.2 Å². The molecule has 2 N–H and O–H groups in total. The number of aromatic nitrogens is 3. The monoisotopic (exact) mass is 416 g/mol. The van der Waals surface area contributed by atoms with Gasteiger partial charge in [-0.05, 0) is 51.3 Å². The lowest BCUT2D eigenvalue weighted by Gasteiger charge is -2.38. The van der Waals surface area contributed by atoms with E-state index in [4.69, 9.17) is 22.1 Å². The number of carbonyl (C=O) groups excluding carboxylic acids is 1. The summed E-state index contributed by atoms with van der Waals surface area (Å²) in [5, 5.41) is 8.90. The van der Waals surface area contributed by atoms with Gasteiger partial charge in [0.05, 0.1) is 34.6 Å². The fourth-order valence-electron chi connectivity index (χ4n) is 3.77. The minimum absolute atomic E-state index is 0.138. The highest BCUT2D eigenvalue weighted by Gasteiger charge is 2.47. The third-order valence-electron chi connectivity index (χ3n) is 5.41. The lowest BCUT2D eigenvalue weighted by molar-refractivity contribution is 0.0283. The summed E-state index contributed by atoms with van der Waals surface area (Å²) in [6, 6.07) is 3.84. The molecule has 1 fully saturated rings. The predicted octanol–water partition coefficient (Wildman–Crippen LogP) is 3.71. The molecule has 0 radical (unpaired) electrons. The molecule has 1 amide bonds. The van der Waals surface area contributed by atoms with E-state index in [9.17, 15) is 4.79 Å². The molecule has 0 saturated heterocycles. The van der Waals surface area contributed by atoms with Crippen molar-refractivity contribution in [3.05, 3.63) is 34.6 Å². The van der Waals surface area contributed by atoms with E-state index >= 15 is 0 Å². The summed E-state index contributed by atoms with van der Waals surface area (Å²) >= 11 is 6.57. The average molecular weight is 417 g/mol. The molecule has 2 aliphatic rings. The van der Waals surface area contributed by atoms with Gasteiger partial charge in [-0.15, -0.1) is 5.10 Å². The van der Waals surface area contributed by atoms with Crippen LogP contribution in [0.1, 0.15) is 51.3 Å². The fourth-order valence-corrected chi connectivity index (χ4v) is 4.02. The van der Waals surface area contributed by atoms with Crippen LogP contribution in [0.15, 0.2) is 23.3 Å². The normalized spacial score (nSPS) is 16.9. The Morgan fingerprint density at radius 2 is 2.10 bits per heavy atom. The van der Waals surface area contributed by atoms with Crippen LogP contribution in [0.4, 0.5) is 10.5 Å². The highest BCUT2D eigenvalue weighted by atomic mass is 35.5. The summed E-state index contributed by atoms with van der Waals surface area (Å²) in [5.74, 6) is 0.672. The molecular weight excluding hydrogens is 392 g/mol. The second-order valence-corrected chi connectivity index (χ2v) is 9.15. The van der Waals surface area contributed by atoms with Gasteiger partial charge < -0.3 is 15.4 Å². The van der Waals surface area contributed by atoms with Crippen LogP contribution in [0.2, 0.25) is 5.02 Å². The van der Waals surface area contributed by atoms with Crippen LogP contribution < -0.4 is 5.73 Å². The molecule has 29 heavy (non-hydrogen) atoms. The number of amides is 1. The Kier molecular flexibility index (Phi) is 4.57. The van der Waals surface area contributed by atoms with Gasteiger partial charge in [-0.1, -0.05) is 23.2 Å². The molecule has 2 aromatic rings. The quantitative estimate of drug-likeness (QED) is 0.822. The van der Waals surface area contributed by atoms with Crippen molar-refractivity contribution < 1.29 is 9.53 Å². The van der Waals surface area contributed by atoms with Crippen LogP contribution in [-0.2, 0) is 16.7 Å². The maximum absolute atomic E-state index is 12.1. The van der Waals surface area contributed by atoms with Crippen molar-refractivity contribution in [3.63, 3.8) is 0 Å². The van der Waals surface area contributed by atoms with Gasteiger partial charge in [0.25, 0.3) is 0 Å². The number of ether oxygens (including phenoxy) is 1. The maximum atomic E-state index is 12.1. The number of aliphatic imine (C=N–C) groups is 1. The number of nitrogens with zero attached hydrogens (tertiary/aromatic N) is 5. The van der Waals surface area contributed by atoms with E-state index in [-0.39, 0.29) is 12.0 Å². The molecule has 1 aliphatic heterocycles. The Morgan fingerprint density at radius 3 is 2.72 bits per heavy atom. The molecule has 1 spiro atoms. The van der Waals surface area contributed by atoms with Crippen LogP contribution in [0.5, 0.6) is 0 Å². The molecule has 1 aliphatic carbocycles. The Hall–Kier alpha value is -2.61. The van der Waals surface area contributed by atoms with E-state index in [0.717, 1.165) is 30.5 Å². The van der Waals surface area contributed by atoms with E-state index < -0.39 is 11.7 Å². The molecule has 9 heteroatoms. The zero-order valence-corrected chi connectivity index (χ0v) is 17.8. The third-order valence-corrected chi connectivity index (χ3v) is 5.71. The standard InChI is InChI=1S/C20H25ClN6O2/c1-19(2,3)29-18(28)26(4)10-12-11-27(25-24-12)16-9-15-13(8-14(16)21)20(6-5-7-20)17(22)23-15/h8-9,11H,5-7,10H2,1-4H3,(H2,22,23). The van der Waals surface area contributed by atoms with Gasteiger partial charge in [0.1, 0.15) is 17.1 Å². The number of fused-ring (bicyclic) bond motifs is 2. The lowest BCUT2D eigenvalue weighted by Crippen LogP contribution is -2.44. The SMILES string of the molecule is CN(Cc1cn(-c2cc3c(cc2Cl)C2(CCC2)C(N)=N3)nn1)C(=O)OC(C)(C)C.